The van der Waals surface area contributed by atoms with Gasteiger partial charge in [-0.3, -0.25) is 4.79 Å². The van der Waals surface area contributed by atoms with Crippen molar-refractivity contribution in [1.82, 2.24) is 10.2 Å². The second-order valence-electron chi connectivity index (χ2n) is 6.21. The number of amides is 1. The van der Waals surface area contributed by atoms with Gasteiger partial charge in [-0.05, 0) is 43.9 Å². The maximum Gasteiger partial charge on any atom is 0.239 e. The summed E-state index contributed by atoms with van der Waals surface area (Å²) in [6, 6.07) is 8.50. The lowest BCUT2D eigenvalue weighted by molar-refractivity contribution is -0.131. The van der Waals surface area contributed by atoms with Crippen molar-refractivity contribution in [3.63, 3.8) is 0 Å². The topological polar surface area (TPSA) is 58.4 Å². The van der Waals surface area contributed by atoms with Crippen LogP contribution in [0.1, 0.15) is 49.8 Å². The van der Waals surface area contributed by atoms with Crippen LogP contribution in [0.4, 0.5) is 0 Å². The van der Waals surface area contributed by atoms with E-state index >= 15 is 0 Å². The van der Waals surface area contributed by atoms with Crippen molar-refractivity contribution < 1.29 is 4.79 Å². The van der Waals surface area contributed by atoms with Crippen LogP contribution >= 0.6 is 0 Å². The molecule has 0 bridgehead atoms. The van der Waals surface area contributed by atoms with Crippen LogP contribution in [0, 0.1) is 0 Å². The monoisotopic (exact) mass is 303 g/mol. The number of nitrogens with two attached hydrogens (primary N) is 1. The Bertz CT molecular complexity index is 466. The van der Waals surface area contributed by atoms with E-state index in [4.69, 9.17) is 5.73 Å². The van der Waals surface area contributed by atoms with Crippen molar-refractivity contribution in [2.24, 2.45) is 5.73 Å². The van der Waals surface area contributed by atoms with Crippen LogP contribution in [0.25, 0.3) is 0 Å². The first-order valence-electron chi connectivity index (χ1n) is 8.46. The van der Waals surface area contributed by atoms with Crippen LogP contribution in [-0.4, -0.2) is 37.0 Å². The first-order valence-corrected chi connectivity index (χ1v) is 8.46. The summed E-state index contributed by atoms with van der Waals surface area (Å²) in [4.78, 5) is 14.1. The van der Waals surface area contributed by atoms with E-state index in [0.29, 0.717) is 12.5 Å². The zero-order chi connectivity index (χ0) is 15.9. The lowest BCUT2D eigenvalue weighted by Gasteiger charge is -2.20. The van der Waals surface area contributed by atoms with Gasteiger partial charge in [-0.1, -0.05) is 37.6 Å². The van der Waals surface area contributed by atoms with Crippen molar-refractivity contribution in [1.29, 1.82) is 0 Å². The van der Waals surface area contributed by atoms with Crippen LogP contribution in [0.15, 0.2) is 24.3 Å². The van der Waals surface area contributed by atoms with Gasteiger partial charge in [-0.2, -0.15) is 0 Å². The van der Waals surface area contributed by atoms with Gasteiger partial charge >= 0.3 is 0 Å². The third-order valence-corrected chi connectivity index (χ3v) is 4.50. The average Bonchev–Trinajstić information content (AvgIpc) is 3.07. The lowest BCUT2D eigenvalue weighted by Crippen LogP contribution is -2.43. The SMILES string of the molecule is CCCC(NC)c1ccc(CC(N)C(=O)N2CCCC2)cc1. The molecule has 4 nitrogen and oxygen atoms in total. The molecule has 2 atom stereocenters. The van der Waals surface area contributed by atoms with Gasteiger partial charge in [0, 0.05) is 19.1 Å². The lowest BCUT2D eigenvalue weighted by atomic mass is 9.98. The number of nitrogens with one attached hydrogen (secondary N) is 1. The fourth-order valence-electron chi connectivity index (χ4n) is 3.17. The molecule has 1 amide bonds. The summed E-state index contributed by atoms with van der Waals surface area (Å²) < 4.78 is 0. The Hall–Kier alpha value is -1.39. The van der Waals surface area contributed by atoms with Crippen LogP contribution in [0.3, 0.4) is 0 Å². The number of likely N-dealkylation sites (tertiary alicyclic amines) is 1. The Kier molecular flexibility index (Phi) is 6.40. The summed E-state index contributed by atoms with van der Waals surface area (Å²) in [5.41, 5.74) is 8.53. The van der Waals surface area contributed by atoms with Gasteiger partial charge in [0.05, 0.1) is 6.04 Å². The Morgan fingerprint density at radius 2 is 1.91 bits per heavy atom. The first-order chi connectivity index (χ1) is 10.7. The molecular weight excluding hydrogens is 274 g/mol. The standard InChI is InChI=1S/C18H29N3O/c1-3-6-17(20-2)15-9-7-14(8-10-15)13-16(19)18(22)21-11-4-5-12-21/h7-10,16-17,20H,3-6,11-13,19H2,1-2H3. The van der Waals surface area contributed by atoms with E-state index in [9.17, 15) is 4.79 Å². The molecule has 0 aliphatic carbocycles. The normalized spacial score (nSPS) is 17.5. The highest BCUT2D eigenvalue weighted by Crippen LogP contribution is 2.19. The van der Waals surface area contributed by atoms with Crippen molar-refractivity contribution in [3.05, 3.63) is 35.4 Å². The average molecular weight is 303 g/mol. The molecule has 1 aromatic carbocycles. The summed E-state index contributed by atoms with van der Waals surface area (Å²) in [6.07, 6.45) is 5.12. The molecular formula is C18H29N3O. The molecule has 0 aromatic heterocycles. The highest BCUT2D eigenvalue weighted by atomic mass is 16.2. The summed E-state index contributed by atoms with van der Waals surface area (Å²) in [5.74, 6) is 0.0978. The second-order valence-corrected chi connectivity index (χ2v) is 6.21. The number of rotatable bonds is 7. The molecule has 2 rings (SSSR count). The third kappa shape index (κ3) is 4.31. The Labute approximate surface area is 134 Å². The van der Waals surface area contributed by atoms with Crippen molar-refractivity contribution >= 4 is 5.91 Å². The zero-order valence-corrected chi connectivity index (χ0v) is 13.8. The molecule has 0 saturated carbocycles. The van der Waals surface area contributed by atoms with Crippen LogP contribution < -0.4 is 11.1 Å². The smallest absolute Gasteiger partial charge is 0.239 e. The minimum Gasteiger partial charge on any atom is -0.341 e. The van der Waals surface area contributed by atoms with Crippen LogP contribution in [0.5, 0.6) is 0 Å². The van der Waals surface area contributed by atoms with Crippen molar-refractivity contribution in [2.45, 2.75) is 51.1 Å². The predicted molar refractivity (Wildman–Crippen MR) is 90.6 cm³/mol. The molecule has 122 valence electrons. The molecule has 0 radical (unpaired) electrons. The van der Waals surface area contributed by atoms with Gasteiger partial charge in [0.25, 0.3) is 0 Å². The van der Waals surface area contributed by atoms with Gasteiger partial charge < -0.3 is 16.0 Å². The van der Waals surface area contributed by atoms with Gasteiger partial charge in [-0.25, -0.2) is 0 Å². The number of carbonyl (C=O) groups excluding carboxylic acids is 1. The maximum absolute atomic E-state index is 12.2. The van der Waals surface area contributed by atoms with E-state index < -0.39 is 6.04 Å². The van der Waals surface area contributed by atoms with Gasteiger partial charge in [0.1, 0.15) is 0 Å². The molecule has 0 spiro atoms. The largest absolute Gasteiger partial charge is 0.341 e. The quantitative estimate of drug-likeness (QED) is 0.812. The number of carbonyl (C=O) groups is 1. The third-order valence-electron chi connectivity index (χ3n) is 4.50. The summed E-state index contributed by atoms with van der Waals surface area (Å²) in [6.45, 7) is 3.93. The summed E-state index contributed by atoms with van der Waals surface area (Å²) in [7, 11) is 2.00. The van der Waals surface area contributed by atoms with E-state index in [0.717, 1.165) is 44.3 Å². The molecule has 22 heavy (non-hydrogen) atoms. The van der Waals surface area contributed by atoms with E-state index in [1.54, 1.807) is 0 Å². The van der Waals surface area contributed by atoms with E-state index in [-0.39, 0.29) is 5.91 Å². The first kappa shape index (κ1) is 17.0. The number of hydrogen-bond acceptors (Lipinski definition) is 3. The van der Waals surface area contributed by atoms with E-state index in [1.807, 2.05) is 11.9 Å². The molecule has 4 heteroatoms. The minimum absolute atomic E-state index is 0.0978. The number of nitrogens with zero attached hydrogens (tertiary/aromatic N) is 1. The molecule has 1 aliphatic heterocycles. The Morgan fingerprint density at radius 1 is 1.27 bits per heavy atom. The Morgan fingerprint density at radius 3 is 2.45 bits per heavy atom. The van der Waals surface area contributed by atoms with Crippen LogP contribution in [-0.2, 0) is 11.2 Å². The minimum atomic E-state index is -0.417. The Balaban J connectivity index is 1.93. The van der Waals surface area contributed by atoms with Crippen LogP contribution in [0.2, 0.25) is 0 Å². The van der Waals surface area contributed by atoms with Crippen molar-refractivity contribution in [2.75, 3.05) is 20.1 Å². The number of benzene rings is 1. The number of hydrogen-bond donors (Lipinski definition) is 2. The molecule has 1 aliphatic rings. The molecule has 1 aromatic rings. The molecule has 1 heterocycles. The van der Waals surface area contributed by atoms with Crippen molar-refractivity contribution in [3.8, 4) is 0 Å². The zero-order valence-electron chi connectivity index (χ0n) is 13.8. The summed E-state index contributed by atoms with van der Waals surface area (Å²) in [5, 5.41) is 3.35. The van der Waals surface area contributed by atoms with Gasteiger partial charge in [-0.15, -0.1) is 0 Å². The second kappa shape index (κ2) is 8.30. The highest BCUT2D eigenvalue weighted by Gasteiger charge is 2.23. The van der Waals surface area contributed by atoms with Gasteiger partial charge in [0.15, 0.2) is 0 Å². The molecule has 1 fully saturated rings. The van der Waals surface area contributed by atoms with E-state index in [1.165, 1.54) is 5.56 Å². The maximum atomic E-state index is 12.2. The van der Waals surface area contributed by atoms with E-state index in [2.05, 4.69) is 36.5 Å². The predicted octanol–water partition coefficient (Wildman–Crippen LogP) is 2.24. The summed E-state index contributed by atoms with van der Waals surface area (Å²) >= 11 is 0. The fourth-order valence-corrected chi connectivity index (χ4v) is 3.17. The highest BCUT2D eigenvalue weighted by molar-refractivity contribution is 5.82. The molecule has 2 unspecified atom stereocenters. The molecule has 1 saturated heterocycles. The van der Waals surface area contributed by atoms with Gasteiger partial charge in [0.2, 0.25) is 5.91 Å². The molecule has 3 N–H and O–H groups in total. The fraction of sp³-hybridized carbons (Fsp3) is 0.611.